The van der Waals surface area contributed by atoms with Gasteiger partial charge in [0.2, 0.25) is 0 Å². The number of alkyl halides is 6. The summed E-state index contributed by atoms with van der Waals surface area (Å²) in [4.78, 5) is 0. The molecule has 6 rings (SSSR count). The molecule has 0 fully saturated rings. The molecule has 0 bridgehead atoms. The summed E-state index contributed by atoms with van der Waals surface area (Å²) in [6, 6.07) is 21.9. The molecule has 0 spiro atoms. The SMILES string of the molecule is CC(C)(C)c1ccc2c(c1)-c1cc(C(C)(C)C)ccc1[CH]2[Zr]([Cl])([Cl])(=[C](c1ccc(C(F)(F)F)cc1)c1ccc(C(F)(F)F)cc1)[CH]1C=CC=C1. The van der Waals surface area contributed by atoms with Gasteiger partial charge in [0.05, 0.1) is 0 Å². The number of hydrogen-bond acceptors (Lipinski definition) is 0. The average Bonchev–Trinajstić information content (AvgIpc) is 3.68. The maximum absolute atomic E-state index is 13.8. The minimum absolute atomic E-state index is 0.177. The first kappa shape index (κ1) is 37.0. The van der Waals surface area contributed by atoms with Crippen LogP contribution in [0.5, 0.6) is 0 Å². The van der Waals surface area contributed by atoms with Crippen molar-refractivity contribution in [2.75, 3.05) is 0 Å². The number of hydrogen-bond donors (Lipinski definition) is 0. The van der Waals surface area contributed by atoms with Gasteiger partial charge >= 0.3 is 299 Å². The van der Waals surface area contributed by atoms with Gasteiger partial charge in [-0.3, -0.25) is 0 Å². The van der Waals surface area contributed by atoms with Crippen LogP contribution in [0.15, 0.2) is 109 Å². The monoisotopic (exact) mass is 804 g/mol. The summed E-state index contributed by atoms with van der Waals surface area (Å²) in [5, 5.41) is 0. The average molecular weight is 807 g/mol. The summed E-state index contributed by atoms with van der Waals surface area (Å²) in [7, 11) is 16.8. The Morgan fingerprint density at radius 3 is 1.18 bits per heavy atom. The van der Waals surface area contributed by atoms with Crippen LogP contribution in [-0.4, -0.2) is 3.21 Å². The van der Waals surface area contributed by atoms with E-state index in [1.54, 1.807) is 0 Å². The van der Waals surface area contributed by atoms with Gasteiger partial charge in [0.25, 0.3) is 0 Å². The Hall–Kier alpha value is -2.73. The first-order valence-electron chi connectivity index (χ1n) is 16.5. The van der Waals surface area contributed by atoms with Crippen LogP contribution in [0.4, 0.5) is 26.3 Å². The summed E-state index contributed by atoms with van der Waals surface area (Å²) >= 11 is -6.01. The van der Waals surface area contributed by atoms with Crippen LogP contribution < -0.4 is 0 Å². The van der Waals surface area contributed by atoms with E-state index >= 15 is 0 Å². The molecule has 0 amide bonds. The Labute approximate surface area is 297 Å². The van der Waals surface area contributed by atoms with Crippen LogP contribution in [0.3, 0.4) is 0 Å². The molecule has 0 saturated heterocycles. The zero-order valence-electron chi connectivity index (χ0n) is 28.6. The second-order valence-corrected chi connectivity index (χ2v) is 36.2. The molecule has 0 radical (unpaired) electrons. The predicted molar refractivity (Wildman–Crippen MR) is 191 cm³/mol. The molecular formula is C41H38Cl2F6Zr. The zero-order valence-corrected chi connectivity index (χ0v) is 32.5. The van der Waals surface area contributed by atoms with Crippen LogP contribution in [0.25, 0.3) is 11.1 Å². The fourth-order valence-corrected chi connectivity index (χ4v) is 26.8. The van der Waals surface area contributed by atoms with Gasteiger partial charge in [-0.1, -0.05) is 0 Å². The van der Waals surface area contributed by atoms with Crippen molar-refractivity contribution >= 4 is 20.2 Å². The van der Waals surface area contributed by atoms with Gasteiger partial charge in [0, 0.05) is 0 Å². The van der Waals surface area contributed by atoms with E-state index < -0.39 is 46.6 Å². The van der Waals surface area contributed by atoms with Crippen LogP contribution >= 0.6 is 17.0 Å². The van der Waals surface area contributed by atoms with Crippen molar-refractivity contribution in [2.45, 2.75) is 72.0 Å². The van der Waals surface area contributed by atoms with Crippen molar-refractivity contribution < 1.29 is 42.3 Å². The Morgan fingerprint density at radius 2 is 0.860 bits per heavy atom. The number of fused-ring (bicyclic) bond motifs is 3. The third-order valence-corrected chi connectivity index (χ3v) is 29.8. The summed E-state index contributed by atoms with van der Waals surface area (Å²) in [6.07, 6.45) is -1.65. The molecule has 4 aromatic carbocycles. The number of benzene rings is 4. The van der Waals surface area contributed by atoms with Gasteiger partial charge in [-0.15, -0.1) is 0 Å². The standard InChI is InChI=1S/C21H25.C15H8F6.C5H5.2ClH.Zr/c1-20(2,3)16-9-7-14-11-15-8-10-17(21(4,5)6)13-19(15)18(14)12-16;16-14(17,18)12-5-1-10(2-6-12)9-11-3-7-13(8-4-11)15(19,20)21;1-2-4-5-3-1;;;/h7-13H,1-6H3;1-8H;1-5H;2*1H;/q;;;;;+2/p-2. The fourth-order valence-electron chi connectivity index (χ4n) is 7.41. The molecule has 2 aliphatic rings. The van der Waals surface area contributed by atoms with Crippen molar-refractivity contribution in [3.63, 3.8) is 0 Å². The van der Waals surface area contributed by atoms with Crippen molar-refractivity contribution in [3.05, 3.63) is 154 Å². The number of halogens is 8. The summed E-state index contributed by atoms with van der Waals surface area (Å²) in [5.41, 5.74) is 4.61. The van der Waals surface area contributed by atoms with Crippen LogP contribution in [0.2, 0.25) is 3.63 Å². The zero-order chi connectivity index (χ0) is 36.7. The summed E-state index contributed by atoms with van der Waals surface area (Å²) in [5.74, 6) is 0. The second kappa shape index (κ2) is 12.2. The summed E-state index contributed by atoms with van der Waals surface area (Å²) in [6.45, 7) is 12.8. The van der Waals surface area contributed by atoms with E-state index in [9.17, 15) is 26.3 Å². The van der Waals surface area contributed by atoms with E-state index in [0.29, 0.717) is 14.3 Å². The molecule has 0 unspecified atom stereocenters. The van der Waals surface area contributed by atoms with Crippen molar-refractivity contribution in [1.82, 2.24) is 0 Å². The van der Waals surface area contributed by atoms with Gasteiger partial charge in [-0.2, -0.15) is 0 Å². The maximum atomic E-state index is 13.8. The minimum atomic E-state index is -6.01. The molecule has 4 aromatic rings. The van der Waals surface area contributed by atoms with E-state index in [2.05, 4.69) is 77.9 Å². The van der Waals surface area contributed by atoms with Crippen molar-refractivity contribution in [2.24, 2.45) is 0 Å². The van der Waals surface area contributed by atoms with E-state index in [4.69, 9.17) is 17.0 Å². The van der Waals surface area contributed by atoms with Crippen molar-refractivity contribution in [3.8, 4) is 11.1 Å². The molecule has 9 heteroatoms. The Kier molecular flexibility index (Phi) is 9.02. The van der Waals surface area contributed by atoms with E-state index in [0.717, 1.165) is 57.6 Å². The molecular weight excluding hydrogens is 769 g/mol. The molecule has 0 aliphatic heterocycles. The van der Waals surface area contributed by atoms with Gasteiger partial charge < -0.3 is 0 Å². The molecule has 50 heavy (non-hydrogen) atoms. The van der Waals surface area contributed by atoms with Gasteiger partial charge in [-0.25, -0.2) is 0 Å². The predicted octanol–water partition coefficient (Wildman–Crippen LogP) is 13.6. The third-order valence-electron chi connectivity index (χ3n) is 10.1. The van der Waals surface area contributed by atoms with E-state index in [1.165, 1.54) is 24.3 Å². The number of rotatable bonds is 4. The van der Waals surface area contributed by atoms with E-state index in [1.807, 2.05) is 24.3 Å². The van der Waals surface area contributed by atoms with E-state index in [-0.39, 0.29) is 10.8 Å². The molecule has 0 nitrogen and oxygen atoms in total. The van der Waals surface area contributed by atoms with Crippen molar-refractivity contribution in [1.29, 1.82) is 0 Å². The Balaban J connectivity index is 1.79. The molecule has 0 aromatic heterocycles. The molecule has 0 N–H and O–H groups in total. The first-order valence-corrected chi connectivity index (χ1v) is 26.8. The molecule has 0 heterocycles. The Bertz CT molecular complexity index is 1960. The van der Waals surface area contributed by atoms with Crippen LogP contribution in [0, 0.1) is 0 Å². The fraction of sp³-hybridized carbons (Fsp3) is 0.293. The van der Waals surface area contributed by atoms with Gasteiger partial charge in [-0.05, 0) is 0 Å². The van der Waals surface area contributed by atoms with Crippen LogP contribution in [-0.2, 0) is 39.1 Å². The molecule has 2 aliphatic carbocycles. The third kappa shape index (κ3) is 6.34. The first-order chi connectivity index (χ1) is 23.0. The quantitative estimate of drug-likeness (QED) is 0.180. The molecule has 0 atom stereocenters. The second-order valence-electron chi connectivity index (χ2n) is 15.5. The van der Waals surface area contributed by atoms with Crippen LogP contribution in [0.1, 0.15) is 89.7 Å². The molecule has 262 valence electrons. The topological polar surface area (TPSA) is 0 Å². The van der Waals surface area contributed by atoms with Gasteiger partial charge in [0.1, 0.15) is 0 Å². The summed E-state index contributed by atoms with van der Waals surface area (Å²) < 4.78 is 82.0. The number of allylic oxidation sites excluding steroid dienone is 4. The van der Waals surface area contributed by atoms with Gasteiger partial charge in [0.15, 0.2) is 0 Å². The molecule has 0 saturated carbocycles. The normalized spacial score (nSPS) is 15.8. The Morgan fingerprint density at radius 1 is 0.520 bits per heavy atom.